The fourth-order valence-electron chi connectivity index (χ4n) is 3.38. The lowest BCUT2D eigenvalue weighted by molar-refractivity contribution is 0.100. The molecule has 3 aromatic rings. The molecule has 1 heterocycles. The summed E-state index contributed by atoms with van der Waals surface area (Å²) in [4.78, 5) is 13.3. The van der Waals surface area contributed by atoms with Gasteiger partial charge in [-0.05, 0) is 81.8 Å². The molecule has 0 N–H and O–H groups in total. The number of aryl methyl sites for hydroxylation is 2. The van der Waals surface area contributed by atoms with E-state index in [-0.39, 0.29) is 17.7 Å². The first kappa shape index (κ1) is 22.3. The second kappa shape index (κ2) is 8.78. The quantitative estimate of drug-likeness (QED) is 0.569. The summed E-state index contributed by atoms with van der Waals surface area (Å²) < 4.78 is 29.0. The van der Waals surface area contributed by atoms with E-state index in [2.05, 4.69) is 10.6 Å². The van der Waals surface area contributed by atoms with Gasteiger partial charge in [-0.25, -0.2) is 12.7 Å². The zero-order valence-corrected chi connectivity index (χ0v) is 18.8. The predicted molar refractivity (Wildman–Crippen MR) is 122 cm³/mol. The van der Waals surface area contributed by atoms with E-state index in [1.165, 1.54) is 0 Å². The number of anilines is 1. The summed E-state index contributed by atoms with van der Waals surface area (Å²) in [5.41, 5.74) is 4.31. The first-order chi connectivity index (χ1) is 14.7. The van der Waals surface area contributed by atoms with Crippen molar-refractivity contribution >= 4 is 21.6 Å². The summed E-state index contributed by atoms with van der Waals surface area (Å²) in [5.74, 6) is -0.616. The minimum atomic E-state index is -3.92. The van der Waals surface area contributed by atoms with Crippen molar-refractivity contribution in [1.29, 1.82) is 5.26 Å². The maximum atomic E-state index is 13.3. The number of carbonyl (C=O) groups excluding carboxylic acids is 1. The molecule has 31 heavy (non-hydrogen) atoms. The Morgan fingerprint density at radius 2 is 1.52 bits per heavy atom. The predicted octanol–water partition coefficient (Wildman–Crippen LogP) is 4.55. The second-order valence-electron chi connectivity index (χ2n) is 7.66. The molecule has 160 valence electrons. The topological polar surface area (TPSA) is 83.2 Å². The van der Waals surface area contributed by atoms with Crippen LogP contribution in [-0.4, -0.2) is 24.1 Å². The maximum absolute atomic E-state index is 13.3. The van der Waals surface area contributed by atoms with E-state index in [0.29, 0.717) is 0 Å². The van der Waals surface area contributed by atoms with Gasteiger partial charge in [-0.3, -0.25) is 4.79 Å². The number of aromatic nitrogens is 1. The number of rotatable bonds is 6. The molecule has 0 aliphatic rings. The van der Waals surface area contributed by atoms with Crippen LogP contribution in [0.1, 0.15) is 41.2 Å². The zero-order valence-electron chi connectivity index (χ0n) is 18.0. The Hall–Kier alpha value is -3.37. The van der Waals surface area contributed by atoms with Crippen molar-refractivity contribution in [2.45, 2.75) is 39.4 Å². The Morgan fingerprint density at radius 3 is 2.00 bits per heavy atom. The molecule has 0 atom stereocenters. The molecular weight excluding hydrogens is 410 g/mol. The Kier molecular flexibility index (Phi) is 6.32. The van der Waals surface area contributed by atoms with Crippen LogP contribution in [0.4, 0.5) is 5.69 Å². The van der Waals surface area contributed by atoms with Gasteiger partial charge >= 0.3 is 0 Å². The van der Waals surface area contributed by atoms with Gasteiger partial charge in [-0.15, -0.1) is 0 Å². The van der Waals surface area contributed by atoms with Gasteiger partial charge in [0, 0.05) is 22.6 Å². The van der Waals surface area contributed by atoms with Crippen molar-refractivity contribution in [3.05, 3.63) is 83.2 Å². The molecule has 0 unspecified atom stereocenters. The van der Waals surface area contributed by atoms with Crippen LogP contribution in [0.25, 0.3) is 5.69 Å². The minimum Gasteiger partial charge on any atom is -0.319 e. The normalized spacial score (nSPS) is 11.4. The van der Waals surface area contributed by atoms with Crippen LogP contribution in [0.5, 0.6) is 0 Å². The fourth-order valence-corrected chi connectivity index (χ4v) is 4.55. The molecular formula is C24H25N3O3S. The molecule has 3 rings (SSSR count). The van der Waals surface area contributed by atoms with Crippen molar-refractivity contribution in [3.63, 3.8) is 0 Å². The molecule has 0 radical (unpaired) electrons. The lowest BCUT2D eigenvalue weighted by atomic mass is 10.1. The molecule has 2 aromatic carbocycles. The number of nitrogens with zero attached hydrogens (tertiary/aromatic N) is 3. The maximum Gasteiger partial charge on any atom is 0.272 e. The van der Waals surface area contributed by atoms with Crippen LogP contribution in [0, 0.1) is 25.2 Å². The number of amides is 1. The van der Waals surface area contributed by atoms with Gasteiger partial charge < -0.3 is 4.57 Å². The molecule has 1 aromatic heterocycles. The van der Waals surface area contributed by atoms with Gasteiger partial charge in [0.15, 0.2) is 0 Å². The standard InChI is InChI=1S/C24H25N3O3S/c1-17(2)31(29,30)27(23-11-7-20(8-12-23)15-16-25)24(28)21-9-13-22(14-10-21)26-18(3)5-6-19(26)4/h5-14,17H,15H2,1-4H3. The van der Waals surface area contributed by atoms with Gasteiger partial charge in [-0.2, -0.15) is 5.26 Å². The number of hydrogen-bond acceptors (Lipinski definition) is 4. The van der Waals surface area contributed by atoms with Crippen molar-refractivity contribution in [2.24, 2.45) is 0 Å². The van der Waals surface area contributed by atoms with Gasteiger partial charge in [0.25, 0.3) is 5.91 Å². The van der Waals surface area contributed by atoms with Crippen LogP contribution in [0.3, 0.4) is 0 Å². The number of sulfonamides is 1. The highest BCUT2D eigenvalue weighted by Gasteiger charge is 2.32. The molecule has 0 bridgehead atoms. The molecule has 0 saturated heterocycles. The average molecular weight is 436 g/mol. The van der Waals surface area contributed by atoms with E-state index in [4.69, 9.17) is 5.26 Å². The number of benzene rings is 2. The van der Waals surface area contributed by atoms with E-state index >= 15 is 0 Å². The molecule has 0 aliphatic heterocycles. The fraction of sp³-hybridized carbons (Fsp3) is 0.250. The lowest BCUT2D eigenvalue weighted by Gasteiger charge is -2.25. The average Bonchev–Trinajstić information content (AvgIpc) is 3.07. The summed E-state index contributed by atoms with van der Waals surface area (Å²) in [6.07, 6.45) is 0.213. The van der Waals surface area contributed by atoms with E-state index < -0.39 is 21.2 Å². The Balaban J connectivity index is 2.01. The highest BCUT2D eigenvalue weighted by Crippen LogP contribution is 2.25. The highest BCUT2D eigenvalue weighted by atomic mass is 32.2. The van der Waals surface area contributed by atoms with Crippen LogP contribution in [0.2, 0.25) is 0 Å². The summed E-state index contributed by atoms with van der Waals surface area (Å²) >= 11 is 0. The SMILES string of the molecule is Cc1ccc(C)n1-c1ccc(C(=O)N(c2ccc(CC#N)cc2)S(=O)(=O)C(C)C)cc1. The number of hydrogen-bond donors (Lipinski definition) is 0. The van der Waals surface area contributed by atoms with Crippen LogP contribution >= 0.6 is 0 Å². The van der Waals surface area contributed by atoms with Crippen molar-refractivity contribution in [2.75, 3.05) is 4.31 Å². The third-order valence-electron chi connectivity index (χ3n) is 5.13. The second-order valence-corrected chi connectivity index (χ2v) is 10.0. The van der Waals surface area contributed by atoms with Crippen molar-refractivity contribution < 1.29 is 13.2 Å². The molecule has 7 heteroatoms. The zero-order chi connectivity index (χ0) is 22.8. The third kappa shape index (κ3) is 4.39. The first-order valence-corrected chi connectivity index (χ1v) is 11.5. The molecule has 0 aliphatic carbocycles. The van der Waals surface area contributed by atoms with Crippen molar-refractivity contribution in [1.82, 2.24) is 4.57 Å². The number of nitriles is 1. The monoisotopic (exact) mass is 435 g/mol. The van der Waals surface area contributed by atoms with E-state index in [1.807, 2.05) is 38.1 Å². The van der Waals surface area contributed by atoms with Crippen molar-refractivity contribution in [3.8, 4) is 11.8 Å². The van der Waals surface area contributed by atoms with Gasteiger partial charge in [0.2, 0.25) is 10.0 Å². The smallest absolute Gasteiger partial charge is 0.272 e. The highest BCUT2D eigenvalue weighted by molar-refractivity contribution is 7.94. The van der Waals surface area contributed by atoms with Crippen LogP contribution < -0.4 is 4.31 Å². The third-order valence-corrected chi connectivity index (χ3v) is 7.21. The van der Waals surface area contributed by atoms with Gasteiger partial charge in [0.05, 0.1) is 23.4 Å². The first-order valence-electron chi connectivity index (χ1n) is 9.96. The Labute approximate surface area is 183 Å². The summed E-state index contributed by atoms with van der Waals surface area (Å²) in [6.45, 7) is 7.08. The summed E-state index contributed by atoms with van der Waals surface area (Å²) in [6, 6.07) is 19.4. The van der Waals surface area contributed by atoms with E-state index in [1.54, 1.807) is 50.2 Å². The molecule has 0 fully saturated rings. The molecule has 6 nitrogen and oxygen atoms in total. The lowest BCUT2D eigenvalue weighted by Crippen LogP contribution is -2.41. The number of carbonyl (C=O) groups is 1. The minimum absolute atomic E-state index is 0.213. The summed E-state index contributed by atoms with van der Waals surface area (Å²) in [7, 11) is -3.92. The molecule has 1 amide bonds. The summed E-state index contributed by atoms with van der Waals surface area (Å²) in [5, 5.41) is 8.07. The Bertz CT molecular complexity index is 1210. The van der Waals surface area contributed by atoms with Gasteiger partial charge in [-0.1, -0.05) is 12.1 Å². The molecule has 0 spiro atoms. The largest absolute Gasteiger partial charge is 0.319 e. The van der Waals surface area contributed by atoms with E-state index in [0.717, 1.165) is 26.9 Å². The van der Waals surface area contributed by atoms with E-state index in [9.17, 15) is 13.2 Å². The van der Waals surface area contributed by atoms with Gasteiger partial charge in [0.1, 0.15) is 0 Å². The van der Waals surface area contributed by atoms with Crippen LogP contribution in [-0.2, 0) is 16.4 Å². The van der Waals surface area contributed by atoms with Crippen LogP contribution in [0.15, 0.2) is 60.7 Å². The Morgan fingerprint density at radius 1 is 0.968 bits per heavy atom. The molecule has 0 saturated carbocycles.